The van der Waals surface area contributed by atoms with Gasteiger partial charge in [0.1, 0.15) is 9.76 Å². The van der Waals surface area contributed by atoms with Crippen LogP contribution >= 0.6 is 0 Å². The molecule has 0 bridgehead atoms. The number of halogens is 2. The van der Waals surface area contributed by atoms with Crippen molar-refractivity contribution in [3.8, 4) is 0 Å². The van der Waals surface area contributed by atoms with Crippen LogP contribution in [0, 0.1) is 6.08 Å². The average molecular weight is 374 g/mol. The second kappa shape index (κ2) is 10.3. The summed E-state index contributed by atoms with van der Waals surface area (Å²) in [6.07, 6.45) is 8.67. The molecule has 6 heteroatoms. The van der Waals surface area contributed by atoms with Gasteiger partial charge in [-0.15, -0.1) is 6.42 Å². The van der Waals surface area contributed by atoms with Crippen molar-refractivity contribution >= 4 is 18.1 Å². The summed E-state index contributed by atoms with van der Waals surface area (Å²) in [5.41, 5.74) is 0.714. The van der Waals surface area contributed by atoms with Gasteiger partial charge in [0.15, 0.2) is 8.32 Å². The normalized spacial score (nSPS) is 14.4. The summed E-state index contributed by atoms with van der Waals surface area (Å²) in [7, 11) is -1.86. The second-order valence-electron chi connectivity index (χ2n) is 4.36. The fourth-order valence-corrected chi connectivity index (χ4v) is 4.93. The third-order valence-corrected chi connectivity index (χ3v) is 9.89. The zero-order valence-corrected chi connectivity index (χ0v) is 16.7. The summed E-state index contributed by atoms with van der Waals surface area (Å²) in [4.78, 5) is 0. The summed E-state index contributed by atoms with van der Waals surface area (Å²) < 4.78 is 6.10. The van der Waals surface area contributed by atoms with Crippen LogP contribution in [-0.2, 0) is 30.3 Å². The molecule has 0 N–H and O–H groups in total. The van der Waals surface area contributed by atoms with Gasteiger partial charge in [-0.25, -0.2) is 11.3 Å². The van der Waals surface area contributed by atoms with Gasteiger partial charge in [0.2, 0.25) is 0 Å². The minimum absolute atomic E-state index is 0. The molecule has 0 amide bonds. The van der Waals surface area contributed by atoms with Crippen molar-refractivity contribution in [1.29, 1.82) is 0 Å². The van der Waals surface area contributed by atoms with Gasteiger partial charge in [0.25, 0.3) is 0 Å². The van der Waals surface area contributed by atoms with Crippen LogP contribution in [0.5, 0.6) is 0 Å². The molecule has 0 aromatic heterocycles. The quantitative estimate of drug-likeness (QED) is 0.365. The zero-order chi connectivity index (χ0) is 9.90. The maximum Gasteiger partial charge on any atom is 3.00 e. The van der Waals surface area contributed by atoms with E-state index in [1.165, 1.54) is 5.20 Å². The number of rotatable bonds is 4. The van der Waals surface area contributed by atoms with Crippen molar-refractivity contribution in [1.82, 2.24) is 0 Å². The molecule has 0 fully saturated rings. The molecule has 0 atom stereocenters. The molecular weight excluding hydrogens is 354 g/mol. The third kappa shape index (κ3) is 7.62. The molecule has 0 aromatic carbocycles. The molecule has 0 unspecified atom stereocenters. The van der Waals surface area contributed by atoms with Crippen LogP contribution in [0.15, 0.2) is 17.3 Å². The summed E-state index contributed by atoms with van der Waals surface area (Å²) in [6.45, 7) is 9.15. The molecule has 91 valence electrons. The van der Waals surface area contributed by atoms with Gasteiger partial charge < -0.3 is 28.9 Å². The predicted octanol–water partition coefficient (Wildman–Crippen LogP) is -3.65. The van der Waals surface area contributed by atoms with Crippen LogP contribution in [0.2, 0.25) is 18.6 Å². The van der Waals surface area contributed by atoms with E-state index < -0.39 is 18.1 Å². The van der Waals surface area contributed by atoms with Gasteiger partial charge in [-0.1, -0.05) is 13.8 Å². The van der Waals surface area contributed by atoms with Gasteiger partial charge in [-0.3, -0.25) is 6.08 Å². The molecule has 0 aromatic rings. The number of hydrogen-bond donors (Lipinski definition) is 0. The molecule has 0 saturated carbocycles. The fourth-order valence-electron chi connectivity index (χ4n) is 0.980. The Morgan fingerprint density at radius 1 is 1.38 bits per heavy atom. The molecule has 0 aliphatic heterocycles. The summed E-state index contributed by atoms with van der Waals surface area (Å²) in [5, 5.41) is 1.36. The van der Waals surface area contributed by atoms with E-state index in [2.05, 4.69) is 45.2 Å². The van der Waals surface area contributed by atoms with Crippen LogP contribution in [0.4, 0.5) is 0 Å². The Balaban J connectivity index is -0.000000563. The van der Waals surface area contributed by atoms with Crippen molar-refractivity contribution in [3.63, 3.8) is 0 Å². The minimum Gasteiger partial charge on any atom is -1.00 e. The monoisotopic (exact) mass is 371 g/mol. The van der Waals surface area contributed by atoms with Gasteiger partial charge >= 0.3 is 26.2 Å². The van der Waals surface area contributed by atoms with Crippen LogP contribution in [0.1, 0.15) is 20.3 Å². The Labute approximate surface area is 135 Å². The first-order valence-electron chi connectivity index (χ1n) is 4.92. The van der Waals surface area contributed by atoms with E-state index in [1.54, 1.807) is 0 Å². The van der Waals surface area contributed by atoms with Crippen molar-refractivity contribution in [2.24, 2.45) is 0 Å². The molecule has 1 nitrogen and oxygen atoms in total. The Morgan fingerprint density at radius 2 is 1.94 bits per heavy atom. The maximum absolute atomic E-state index is 6.10. The molecule has 0 saturated heterocycles. The first kappa shape index (κ1) is 22.5. The van der Waals surface area contributed by atoms with E-state index in [1.807, 2.05) is 0 Å². The van der Waals surface area contributed by atoms with Crippen LogP contribution in [-0.4, -0.2) is 18.1 Å². The summed E-state index contributed by atoms with van der Waals surface area (Å²) in [5.74, 6) is 0. The van der Waals surface area contributed by atoms with Crippen LogP contribution in [0.3, 0.4) is 0 Å². The Bertz CT molecular complexity index is 243. The number of allylic oxidation sites excluding steroid dienone is 4. The van der Waals surface area contributed by atoms with Crippen molar-refractivity contribution in [2.45, 2.75) is 38.9 Å². The first-order chi connectivity index (χ1) is 6.02. The van der Waals surface area contributed by atoms with Crippen molar-refractivity contribution < 1.29 is 55.1 Å². The van der Waals surface area contributed by atoms with Crippen LogP contribution in [0.25, 0.3) is 0 Å². The Morgan fingerprint density at radius 3 is 2.31 bits per heavy atom. The van der Waals surface area contributed by atoms with Crippen LogP contribution < -0.4 is 24.8 Å². The zero-order valence-electron chi connectivity index (χ0n) is 10.3. The molecule has 0 heterocycles. The van der Waals surface area contributed by atoms with E-state index in [0.29, 0.717) is 5.54 Å². The van der Waals surface area contributed by atoms with Gasteiger partial charge in [0.05, 0.1) is 0 Å². The SMILES string of the molecule is CC(C)[Si](C)(C)O[SiH2]C1=[C-]CC=C1.[Cl-].[Cl-].[Zr+3]. The molecule has 1 aliphatic carbocycles. The minimum atomic E-state index is -1.38. The summed E-state index contributed by atoms with van der Waals surface area (Å²) >= 11 is 0. The molecule has 1 radical (unpaired) electrons. The van der Waals surface area contributed by atoms with E-state index >= 15 is 0 Å². The van der Waals surface area contributed by atoms with Gasteiger partial charge in [-0.05, 0) is 18.6 Å². The van der Waals surface area contributed by atoms with E-state index in [-0.39, 0.29) is 51.0 Å². The predicted molar refractivity (Wildman–Crippen MR) is 62.7 cm³/mol. The molecule has 0 spiro atoms. The smallest absolute Gasteiger partial charge is 1.00 e. The first-order valence-corrected chi connectivity index (χ1v) is 9.19. The van der Waals surface area contributed by atoms with E-state index in [9.17, 15) is 0 Å². The largest absolute Gasteiger partial charge is 3.00 e. The standard InChI is InChI=1S/C10H19OSi2.2ClH.Zr/c1-9(2)13(3,4)11-12-10-7-5-6-8-10;;;/h5,7,9H,6,12H2,1-4H3;2*1H;/q-1;;;+3/p-2. The molecule has 16 heavy (non-hydrogen) atoms. The summed E-state index contributed by atoms with van der Waals surface area (Å²) in [6, 6.07) is 0. The van der Waals surface area contributed by atoms with E-state index in [0.717, 1.165) is 6.42 Å². The van der Waals surface area contributed by atoms with E-state index in [4.69, 9.17) is 4.12 Å². The second-order valence-corrected chi connectivity index (χ2v) is 10.9. The maximum atomic E-state index is 6.10. The third-order valence-electron chi connectivity index (χ3n) is 2.76. The van der Waals surface area contributed by atoms with Crippen molar-refractivity contribution in [3.05, 3.63) is 23.4 Å². The van der Waals surface area contributed by atoms with Gasteiger partial charge in [0, 0.05) is 0 Å². The Hall–Kier alpha value is 1.34. The van der Waals surface area contributed by atoms with Gasteiger partial charge in [-0.2, -0.15) is 6.08 Å². The van der Waals surface area contributed by atoms with Crippen molar-refractivity contribution in [2.75, 3.05) is 0 Å². The number of hydrogen-bond acceptors (Lipinski definition) is 1. The fraction of sp³-hybridized carbons (Fsp3) is 0.600. The average Bonchev–Trinajstić information content (AvgIpc) is 2.52. The molecular formula is C10H19Cl2OSi2Zr. The Kier molecular flexibility index (Phi) is 14.5. The topological polar surface area (TPSA) is 9.23 Å². The molecule has 1 rings (SSSR count). The molecule has 1 aliphatic rings.